The number of nitrogens with zero attached hydrogens (tertiary/aromatic N) is 1. The van der Waals surface area contributed by atoms with E-state index in [0.29, 0.717) is 5.69 Å². The van der Waals surface area contributed by atoms with Crippen LogP contribution in [0.2, 0.25) is 0 Å². The molecule has 0 bridgehead atoms. The lowest BCUT2D eigenvalue weighted by Crippen LogP contribution is -2.45. The molecule has 0 saturated carbocycles. The van der Waals surface area contributed by atoms with E-state index in [2.05, 4.69) is 17.1 Å². The zero-order chi connectivity index (χ0) is 26.4. The Labute approximate surface area is 234 Å². The average Bonchev–Trinajstić information content (AvgIpc) is 2.86. The third kappa shape index (κ3) is 7.82. The first kappa shape index (κ1) is 28.6. The summed E-state index contributed by atoms with van der Waals surface area (Å²) in [7, 11) is 0. The maximum Gasteiger partial charge on any atom is 0.276 e. The molecule has 6 nitrogen and oxygen atoms in total. The molecule has 4 atom stereocenters. The van der Waals surface area contributed by atoms with Crippen molar-refractivity contribution in [3.05, 3.63) is 65.2 Å². The Hall–Kier alpha value is -1.38. The van der Waals surface area contributed by atoms with Crippen LogP contribution in [0.15, 0.2) is 48.5 Å². The van der Waals surface area contributed by atoms with Crippen LogP contribution in [0.5, 0.6) is 0 Å². The molecule has 37 heavy (non-hydrogen) atoms. The predicted octanol–water partition coefficient (Wildman–Crippen LogP) is 6.55. The van der Waals surface area contributed by atoms with Gasteiger partial charge in [0.1, 0.15) is 0 Å². The van der Waals surface area contributed by atoms with Gasteiger partial charge in [0.15, 0.2) is 6.29 Å². The SMILES string of the molecule is CC1C(CN2CCCCCCC2)OC(c2cccc(NC(=O)C(Cl)(Cl)Cl)c2)OC1c1ccc(CO)cc1. The van der Waals surface area contributed by atoms with Crippen molar-refractivity contribution >= 4 is 46.4 Å². The van der Waals surface area contributed by atoms with Gasteiger partial charge in [0, 0.05) is 23.7 Å². The highest BCUT2D eigenvalue weighted by Gasteiger charge is 2.39. The number of ether oxygens (including phenoxy) is 2. The quantitative estimate of drug-likeness (QED) is 0.386. The van der Waals surface area contributed by atoms with Gasteiger partial charge in [-0.15, -0.1) is 0 Å². The first-order valence-electron chi connectivity index (χ1n) is 13.0. The van der Waals surface area contributed by atoms with E-state index in [-0.39, 0.29) is 24.7 Å². The fourth-order valence-corrected chi connectivity index (χ4v) is 5.18. The highest BCUT2D eigenvalue weighted by molar-refractivity contribution is 6.76. The molecule has 2 saturated heterocycles. The number of benzene rings is 2. The number of hydrogen-bond donors (Lipinski definition) is 2. The van der Waals surface area contributed by atoms with E-state index < -0.39 is 16.0 Å². The summed E-state index contributed by atoms with van der Waals surface area (Å²) < 4.78 is 11.1. The Morgan fingerprint density at radius 1 is 1.00 bits per heavy atom. The fraction of sp³-hybridized carbons (Fsp3) is 0.536. The van der Waals surface area contributed by atoms with Crippen LogP contribution in [0.25, 0.3) is 0 Å². The zero-order valence-corrected chi connectivity index (χ0v) is 23.3. The van der Waals surface area contributed by atoms with Gasteiger partial charge in [-0.25, -0.2) is 0 Å². The summed E-state index contributed by atoms with van der Waals surface area (Å²) in [6.07, 6.45) is 5.38. The minimum absolute atomic E-state index is 0.00260. The summed E-state index contributed by atoms with van der Waals surface area (Å²) in [5.41, 5.74) is 3.15. The zero-order valence-electron chi connectivity index (χ0n) is 21.0. The highest BCUT2D eigenvalue weighted by Crippen LogP contribution is 2.42. The van der Waals surface area contributed by atoms with E-state index in [1.807, 2.05) is 36.4 Å². The number of carbonyl (C=O) groups excluding carboxylic acids is 1. The molecule has 1 amide bonds. The van der Waals surface area contributed by atoms with E-state index >= 15 is 0 Å². The molecule has 4 rings (SSSR count). The lowest BCUT2D eigenvalue weighted by Gasteiger charge is -2.43. The number of hydrogen-bond acceptors (Lipinski definition) is 5. The van der Waals surface area contributed by atoms with Crippen molar-refractivity contribution in [2.24, 2.45) is 5.92 Å². The van der Waals surface area contributed by atoms with Crippen molar-refractivity contribution in [3.63, 3.8) is 0 Å². The van der Waals surface area contributed by atoms with Gasteiger partial charge in [-0.2, -0.15) is 0 Å². The monoisotopic (exact) mass is 568 g/mol. The molecule has 2 aliphatic heterocycles. The van der Waals surface area contributed by atoms with E-state index in [1.165, 1.54) is 32.1 Å². The van der Waals surface area contributed by atoms with Gasteiger partial charge in [0.05, 0.1) is 18.8 Å². The summed E-state index contributed by atoms with van der Waals surface area (Å²) in [5.74, 6) is -0.625. The summed E-state index contributed by atoms with van der Waals surface area (Å²) >= 11 is 17.2. The number of carbonyl (C=O) groups is 1. The summed E-state index contributed by atoms with van der Waals surface area (Å²) in [4.78, 5) is 14.7. The van der Waals surface area contributed by atoms with Gasteiger partial charge in [-0.1, -0.05) is 97.4 Å². The lowest BCUT2D eigenvalue weighted by atomic mass is 9.89. The smallest absolute Gasteiger partial charge is 0.276 e. The molecule has 0 spiro atoms. The van der Waals surface area contributed by atoms with Crippen molar-refractivity contribution in [2.45, 2.75) is 67.9 Å². The largest absolute Gasteiger partial charge is 0.392 e. The molecule has 4 unspecified atom stereocenters. The molecular weight excluding hydrogens is 535 g/mol. The summed E-state index contributed by atoms with van der Waals surface area (Å²) in [6, 6.07) is 15.1. The van der Waals surface area contributed by atoms with Crippen LogP contribution in [0.4, 0.5) is 5.69 Å². The second-order valence-electron chi connectivity index (χ2n) is 9.97. The second kappa shape index (κ2) is 13.1. The molecule has 2 aromatic rings. The third-order valence-corrected chi connectivity index (χ3v) is 7.70. The minimum atomic E-state index is -2.06. The number of anilines is 1. The van der Waals surface area contributed by atoms with E-state index in [0.717, 1.165) is 36.3 Å². The van der Waals surface area contributed by atoms with Crippen molar-refractivity contribution in [1.29, 1.82) is 0 Å². The van der Waals surface area contributed by atoms with Crippen LogP contribution in [0.1, 0.15) is 68.1 Å². The number of rotatable bonds is 6. The maximum absolute atomic E-state index is 12.2. The Balaban J connectivity index is 1.58. The third-order valence-electron chi connectivity index (χ3n) is 7.18. The normalized spacial score (nSPS) is 25.8. The highest BCUT2D eigenvalue weighted by atomic mass is 35.6. The predicted molar refractivity (Wildman–Crippen MR) is 148 cm³/mol. The van der Waals surface area contributed by atoms with Crippen molar-refractivity contribution in [3.8, 4) is 0 Å². The summed E-state index contributed by atoms with van der Waals surface area (Å²) in [6.45, 7) is 5.15. The Kier molecular flexibility index (Phi) is 10.1. The van der Waals surface area contributed by atoms with Gasteiger partial charge in [0.25, 0.3) is 9.70 Å². The van der Waals surface area contributed by atoms with Gasteiger partial charge in [0.2, 0.25) is 0 Å². The van der Waals surface area contributed by atoms with Gasteiger partial charge >= 0.3 is 0 Å². The molecule has 0 aliphatic carbocycles. The lowest BCUT2D eigenvalue weighted by molar-refractivity contribution is -0.276. The van der Waals surface area contributed by atoms with Crippen LogP contribution in [0.3, 0.4) is 0 Å². The molecule has 0 aromatic heterocycles. The van der Waals surface area contributed by atoms with Gasteiger partial charge < -0.3 is 24.8 Å². The molecule has 0 radical (unpaired) electrons. The van der Waals surface area contributed by atoms with Crippen LogP contribution in [0, 0.1) is 5.92 Å². The van der Waals surface area contributed by atoms with Crippen molar-refractivity contribution in [2.75, 3.05) is 25.0 Å². The molecule has 2 aliphatic rings. The van der Waals surface area contributed by atoms with Gasteiger partial charge in [-0.05, 0) is 49.2 Å². The minimum Gasteiger partial charge on any atom is -0.392 e. The molecule has 2 fully saturated rings. The number of aliphatic hydroxyl groups excluding tert-OH is 1. The van der Waals surface area contributed by atoms with Crippen LogP contribution >= 0.6 is 34.8 Å². The molecule has 2 heterocycles. The molecule has 2 aromatic carbocycles. The van der Waals surface area contributed by atoms with E-state index in [4.69, 9.17) is 44.3 Å². The van der Waals surface area contributed by atoms with Crippen LogP contribution < -0.4 is 5.32 Å². The fourth-order valence-electron chi connectivity index (χ4n) is 5.04. The first-order chi connectivity index (χ1) is 17.7. The van der Waals surface area contributed by atoms with Crippen LogP contribution in [-0.2, 0) is 20.9 Å². The summed E-state index contributed by atoms with van der Waals surface area (Å²) in [5, 5.41) is 12.1. The van der Waals surface area contributed by atoms with Crippen LogP contribution in [-0.4, -0.2) is 45.4 Å². The molecule has 202 valence electrons. The number of aliphatic hydroxyl groups is 1. The standard InChI is InChI=1S/C28H35Cl3N2O4/c1-19-24(17-33-14-5-3-2-4-6-15-33)36-26(37-25(19)21-12-10-20(18-34)11-13-21)22-8-7-9-23(16-22)32-27(35)28(29,30)31/h7-13,16,19,24-26,34H,2-6,14-15,17-18H2,1H3,(H,32,35). The Bertz CT molecular complexity index is 1020. The number of nitrogens with one attached hydrogen (secondary N) is 1. The number of alkyl halides is 3. The number of halogens is 3. The average molecular weight is 570 g/mol. The van der Waals surface area contributed by atoms with Gasteiger partial charge in [-0.3, -0.25) is 4.79 Å². The van der Waals surface area contributed by atoms with Crippen molar-refractivity contribution < 1.29 is 19.4 Å². The first-order valence-corrected chi connectivity index (χ1v) is 14.1. The topological polar surface area (TPSA) is 71.0 Å². The molecule has 2 N–H and O–H groups in total. The second-order valence-corrected chi connectivity index (χ2v) is 12.2. The molecule has 9 heteroatoms. The van der Waals surface area contributed by atoms with Crippen molar-refractivity contribution in [1.82, 2.24) is 4.90 Å². The Morgan fingerprint density at radius 2 is 1.68 bits per heavy atom. The van der Waals surface area contributed by atoms with E-state index in [1.54, 1.807) is 12.1 Å². The number of likely N-dealkylation sites (tertiary alicyclic amines) is 1. The molecular formula is C28H35Cl3N2O4. The Morgan fingerprint density at radius 3 is 2.32 bits per heavy atom. The number of amides is 1. The maximum atomic E-state index is 12.2. The van der Waals surface area contributed by atoms with E-state index in [9.17, 15) is 9.90 Å².